The number of ether oxygens (including phenoxy) is 1. The van der Waals surface area contributed by atoms with E-state index in [1.165, 1.54) is 6.07 Å². The summed E-state index contributed by atoms with van der Waals surface area (Å²) in [5, 5.41) is 23.4. The Hall–Kier alpha value is -5.66. The minimum Gasteiger partial charge on any atom is -0.490 e. The van der Waals surface area contributed by atoms with Crippen LogP contribution in [0.4, 0.5) is 15.9 Å². The molecule has 3 aromatic rings. The van der Waals surface area contributed by atoms with Crippen LogP contribution in [0.25, 0.3) is 0 Å². The van der Waals surface area contributed by atoms with Crippen molar-refractivity contribution in [2.24, 2.45) is 0 Å². The Morgan fingerprint density at radius 1 is 0.881 bits per heavy atom. The number of carbonyl (C=O) groups excluding carboxylic acids is 5. The van der Waals surface area contributed by atoms with Crippen LogP contribution in [0.5, 0.6) is 5.75 Å². The van der Waals surface area contributed by atoms with E-state index in [-0.39, 0.29) is 59.4 Å². The monoisotopic (exact) mass is 825 g/mol. The Kier molecular flexibility index (Phi) is 11.5. The molecule has 17 heteroatoms. The van der Waals surface area contributed by atoms with E-state index in [2.05, 4.69) is 37.7 Å². The van der Waals surface area contributed by atoms with Crippen LogP contribution in [0.1, 0.15) is 101 Å². The van der Waals surface area contributed by atoms with Crippen LogP contribution in [0.3, 0.4) is 0 Å². The van der Waals surface area contributed by atoms with Crippen LogP contribution in [-0.4, -0.2) is 113 Å². The van der Waals surface area contributed by atoms with Gasteiger partial charge in [-0.2, -0.15) is 5.26 Å². The van der Waals surface area contributed by atoms with Crippen molar-refractivity contribution in [3.63, 3.8) is 0 Å². The standard InChI is InChI=1S/C42H45ClFN9O6/c1-50(26-12-16-51(17-13-26)36-22-31-30(21-33(36)44)41(57)53(42(31)58)35-9-11-38(54)47-40(35)56)27-14-18-52(19-15-27)37-10-8-34(48-49-37)39(55)46-25-3-6-28(7-4-25)59-29-5-2-24(23-45)32(43)20-29/h2,5,8,10,20-22,25-28,35H,3-4,6-7,9,11-19H2,1H3,(H,46,55)(H,47,54,56)/t25-,28-,35?. The number of hydrogen-bond donors (Lipinski definition) is 2. The highest BCUT2D eigenvalue weighted by molar-refractivity contribution is 6.31. The van der Waals surface area contributed by atoms with E-state index in [1.54, 1.807) is 24.3 Å². The van der Waals surface area contributed by atoms with E-state index >= 15 is 4.39 Å². The largest absolute Gasteiger partial charge is 0.490 e. The SMILES string of the molecule is CN(C1CCN(c2ccc(C(=O)N[C@H]3CC[C@H](Oc4ccc(C#N)c(Cl)c4)CC3)nn2)CC1)C1CCN(c2cc3c(cc2F)C(=O)N(C2CCC(=O)NC2=O)C3=O)CC1. The van der Waals surface area contributed by atoms with Crippen LogP contribution < -0.4 is 25.2 Å². The Labute approximate surface area is 345 Å². The third-order valence-corrected chi connectivity index (χ3v) is 12.8. The van der Waals surface area contributed by atoms with Crippen LogP contribution in [-0.2, 0) is 9.59 Å². The molecule has 4 fully saturated rings. The lowest BCUT2D eigenvalue weighted by molar-refractivity contribution is -0.136. The minimum absolute atomic E-state index is 0.00307. The Bertz CT molecular complexity index is 2190. The van der Waals surface area contributed by atoms with E-state index < -0.39 is 35.5 Å². The maximum atomic E-state index is 15.5. The topological polar surface area (TPSA) is 181 Å². The first kappa shape index (κ1) is 40.1. The molecule has 59 heavy (non-hydrogen) atoms. The van der Waals surface area contributed by atoms with Crippen molar-refractivity contribution in [2.75, 3.05) is 43.0 Å². The number of nitrogens with one attached hydrogen (secondary N) is 2. The average Bonchev–Trinajstić information content (AvgIpc) is 3.48. The van der Waals surface area contributed by atoms with Crippen molar-refractivity contribution in [2.45, 2.75) is 94.5 Å². The van der Waals surface area contributed by atoms with E-state index in [4.69, 9.17) is 21.6 Å². The molecule has 1 unspecified atom stereocenters. The zero-order valence-electron chi connectivity index (χ0n) is 32.7. The van der Waals surface area contributed by atoms with Gasteiger partial charge >= 0.3 is 0 Å². The van der Waals surface area contributed by atoms with Gasteiger partial charge < -0.3 is 24.8 Å². The summed E-state index contributed by atoms with van der Waals surface area (Å²) < 4.78 is 21.6. The van der Waals surface area contributed by atoms with Gasteiger partial charge in [-0.3, -0.25) is 34.2 Å². The quantitative estimate of drug-likeness (QED) is 0.294. The van der Waals surface area contributed by atoms with Crippen molar-refractivity contribution in [1.29, 1.82) is 5.26 Å². The first-order valence-corrected chi connectivity index (χ1v) is 20.6. The molecule has 8 rings (SSSR count). The van der Waals surface area contributed by atoms with E-state index in [1.807, 2.05) is 17.0 Å². The summed E-state index contributed by atoms with van der Waals surface area (Å²) in [7, 11) is 2.14. The number of rotatable bonds is 9. The lowest BCUT2D eigenvalue weighted by atomic mass is 9.93. The Balaban J connectivity index is 0.779. The number of halogens is 2. The van der Waals surface area contributed by atoms with Gasteiger partial charge in [0.2, 0.25) is 11.8 Å². The van der Waals surface area contributed by atoms with Gasteiger partial charge in [-0.1, -0.05) is 11.6 Å². The highest BCUT2D eigenvalue weighted by atomic mass is 35.5. The highest BCUT2D eigenvalue weighted by Crippen LogP contribution is 2.35. The van der Waals surface area contributed by atoms with E-state index in [9.17, 15) is 24.0 Å². The summed E-state index contributed by atoms with van der Waals surface area (Å²) in [5.74, 6) is -2.03. The molecule has 1 aliphatic carbocycles. The number of amides is 5. The van der Waals surface area contributed by atoms with Gasteiger partial charge in [-0.15, -0.1) is 10.2 Å². The predicted molar refractivity (Wildman–Crippen MR) is 214 cm³/mol. The zero-order valence-corrected chi connectivity index (χ0v) is 33.4. The summed E-state index contributed by atoms with van der Waals surface area (Å²) in [4.78, 5) is 70.9. The summed E-state index contributed by atoms with van der Waals surface area (Å²) in [6, 6.07) is 12.7. The maximum absolute atomic E-state index is 15.5. The van der Waals surface area contributed by atoms with Gasteiger partial charge in [-0.25, -0.2) is 4.39 Å². The van der Waals surface area contributed by atoms with Gasteiger partial charge in [0.05, 0.1) is 33.5 Å². The molecule has 0 radical (unpaired) electrons. The molecule has 4 aliphatic heterocycles. The third kappa shape index (κ3) is 8.31. The molecule has 0 bridgehead atoms. The molecule has 5 aliphatic rings. The molecule has 1 aromatic heterocycles. The van der Waals surface area contributed by atoms with Gasteiger partial charge in [0, 0.05) is 56.8 Å². The first-order chi connectivity index (χ1) is 28.5. The normalized spacial score (nSPS) is 23.0. The fourth-order valence-electron chi connectivity index (χ4n) is 9.09. The van der Waals surface area contributed by atoms with Crippen molar-refractivity contribution < 1.29 is 33.1 Å². The maximum Gasteiger partial charge on any atom is 0.272 e. The molecule has 2 N–H and O–H groups in total. The lowest BCUT2D eigenvalue weighted by Gasteiger charge is -2.44. The third-order valence-electron chi connectivity index (χ3n) is 12.5. The summed E-state index contributed by atoms with van der Waals surface area (Å²) in [6.45, 7) is 2.72. The van der Waals surface area contributed by atoms with Crippen molar-refractivity contribution in [1.82, 2.24) is 30.6 Å². The van der Waals surface area contributed by atoms with Crippen molar-refractivity contribution in [3.05, 3.63) is 75.7 Å². The average molecular weight is 826 g/mol. The number of hydrogen-bond acceptors (Lipinski definition) is 12. The zero-order chi connectivity index (χ0) is 41.4. The molecular formula is C42H45ClFN9O6. The van der Waals surface area contributed by atoms with Gasteiger partial charge in [0.1, 0.15) is 23.7 Å². The number of nitrogens with zero attached hydrogens (tertiary/aromatic N) is 7. The summed E-state index contributed by atoms with van der Waals surface area (Å²) in [5.41, 5.74) is 0.936. The molecule has 3 saturated heterocycles. The molecule has 15 nitrogen and oxygen atoms in total. The second-order valence-electron chi connectivity index (χ2n) is 16.0. The summed E-state index contributed by atoms with van der Waals surface area (Å²) in [6.07, 6.45) is 6.56. The predicted octanol–water partition coefficient (Wildman–Crippen LogP) is 4.23. The molecule has 0 spiro atoms. The number of nitriles is 1. The molecule has 308 valence electrons. The molecule has 2 aromatic carbocycles. The molecule has 1 atom stereocenters. The number of imide groups is 2. The van der Waals surface area contributed by atoms with Crippen LogP contribution in [0.15, 0.2) is 42.5 Å². The Morgan fingerprint density at radius 3 is 2.15 bits per heavy atom. The van der Waals surface area contributed by atoms with Crippen LogP contribution in [0, 0.1) is 17.1 Å². The lowest BCUT2D eigenvalue weighted by Crippen LogP contribution is -2.54. The van der Waals surface area contributed by atoms with Crippen molar-refractivity contribution >= 4 is 52.6 Å². The smallest absolute Gasteiger partial charge is 0.272 e. The van der Waals surface area contributed by atoms with Crippen LogP contribution in [0.2, 0.25) is 5.02 Å². The number of piperidine rings is 3. The second kappa shape index (κ2) is 16.9. The first-order valence-electron chi connectivity index (χ1n) is 20.2. The fourth-order valence-corrected chi connectivity index (χ4v) is 9.30. The number of fused-ring (bicyclic) bond motifs is 1. The molecular weight excluding hydrogens is 781 g/mol. The van der Waals surface area contributed by atoms with E-state index in [0.29, 0.717) is 35.5 Å². The number of benzene rings is 2. The fraction of sp³-hybridized carbons (Fsp3) is 0.476. The second-order valence-corrected chi connectivity index (χ2v) is 16.4. The van der Waals surface area contributed by atoms with Gasteiger partial charge in [-0.05, 0) is 101 Å². The van der Waals surface area contributed by atoms with Crippen LogP contribution >= 0.6 is 11.6 Å². The molecule has 5 amide bonds. The Morgan fingerprint density at radius 2 is 1.54 bits per heavy atom. The number of aromatic nitrogens is 2. The van der Waals surface area contributed by atoms with Gasteiger partial charge in [0.25, 0.3) is 17.7 Å². The molecule has 1 saturated carbocycles. The minimum atomic E-state index is -1.11. The van der Waals surface area contributed by atoms with Crippen molar-refractivity contribution in [3.8, 4) is 11.8 Å². The number of anilines is 2. The number of carbonyl (C=O) groups is 5. The molecule has 5 heterocycles. The highest BCUT2D eigenvalue weighted by Gasteiger charge is 2.45. The van der Waals surface area contributed by atoms with Gasteiger partial charge in [0.15, 0.2) is 11.5 Å². The summed E-state index contributed by atoms with van der Waals surface area (Å²) >= 11 is 6.14. The van der Waals surface area contributed by atoms with E-state index in [0.717, 1.165) is 81.2 Å².